The molecule has 2 heteroatoms. The summed E-state index contributed by atoms with van der Waals surface area (Å²) in [5.74, 6) is 0. The Morgan fingerprint density at radius 2 is 1.92 bits per heavy atom. The predicted octanol–water partition coefficient (Wildman–Crippen LogP) is 0.787. The molecule has 0 heterocycles. The van der Waals surface area contributed by atoms with Crippen LogP contribution in [0.4, 0.5) is 0 Å². The highest BCUT2D eigenvalue weighted by molar-refractivity contribution is 5.16. The van der Waals surface area contributed by atoms with E-state index in [-0.39, 0.29) is 6.61 Å². The lowest BCUT2D eigenvalue weighted by molar-refractivity contribution is 0.183. The van der Waals surface area contributed by atoms with Gasteiger partial charge in [0, 0.05) is 13.0 Å². The Morgan fingerprint density at radius 1 is 1.25 bits per heavy atom. The average molecular weight is 165 g/mol. The quantitative estimate of drug-likeness (QED) is 0.692. The van der Waals surface area contributed by atoms with Gasteiger partial charge in [-0.3, -0.25) is 0 Å². The monoisotopic (exact) mass is 165 g/mol. The molecule has 2 N–H and O–H groups in total. The molecule has 1 aromatic rings. The van der Waals surface area contributed by atoms with Crippen molar-refractivity contribution in [2.75, 3.05) is 6.61 Å². The summed E-state index contributed by atoms with van der Waals surface area (Å²) >= 11 is 0. The fourth-order valence-corrected chi connectivity index (χ4v) is 1.06. The summed E-state index contributed by atoms with van der Waals surface area (Å²) in [7, 11) is 0. The van der Waals surface area contributed by atoms with E-state index in [1.54, 1.807) is 0 Å². The van der Waals surface area contributed by atoms with Crippen LogP contribution in [-0.4, -0.2) is 22.9 Å². The Bertz CT molecular complexity index is 208. The van der Waals surface area contributed by atoms with Gasteiger partial charge in [0.1, 0.15) is 0 Å². The van der Waals surface area contributed by atoms with Gasteiger partial charge in [0.25, 0.3) is 0 Å². The van der Waals surface area contributed by atoms with Gasteiger partial charge in [-0.15, -0.1) is 0 Å². The van der Waals surface area contributed by atoms with E-state index in [9.17, 15) is 5.11 Å². The summed E-state index contributed by atoms with van der Waals surface area (Å²) in [5, 5.41) is 17.8. The summed E-state index contributed by atoms with van der Waals surface area (Å²) in [6.45, 7) is -0.0754. The van der Waals surface area contributed by atoms with Crippen molar-refractivity contribution in [2.45, 2.75) is 12.5 Å². The van der Waals surface area contributed by atoms with Gasteiger partial charge in [0.05, 0.1) is 6.10 Å². The molecule has 2 nitrogen and oxygen atoms in total. The Balaban J connectivity index is 2.41. The van der Waals surface area contributed by atoms with E-state index in [1.165, 1.54) is 6.42 Å². The number of aliphatic hydroxyl groups is 2. The van der Waals surface area contributed by atoms with E-state index in [1.807, 2.05) is 30.3 Å². The third-order valence-electron chi connectivity index (χ3n) is 1.67. The lowest BCUT2D eigenvalue weighted by atomic mass is 10.1. The van der Waals surface area contributed by atoms with Crippen LogP contribution in [0.2, 0.25) is 0 Å². The Morgan fingerprint density at radius 3 is 2.50 bits per heavy atom. The molecule has 0 aliphatic rings. The molecule has 0 saturated carbocycles. The molecule has 0 aromatic heterocycles. The number of benzene rings is 1. The van der Waals surface area contributed by atoms with Crippen molar-refractivity contribution in [1.82, 2.24) is 0 Å². The topological polar surface area (TPSA) is 40.5 Å². The van der Waals surface area contributed by atoms with E-state index in [0.717, 1.165) is 5.56 Å². The highest BCUT2D eigenvalue weighted by Crippen LogP contribution is 2.04. The zero-order valence-corrected chi connectivity index (χ0v) is 6.85. The minimum absolute atomic E-state index is 0.0754. The van der Waals surface area contributed by atoms with Crippen LogP contribution in [0, 0.1) is 6.42 Å². The van der Waals surface area contributed by atoms with Crippen molar-refractivity contribution in [3.8, 4) is 0 Å². The van der Waals surface area contributed by atoms with E-state index >= 15 is 0 Å². The predicted molar refractivity (Wildman–Crippen MR) is 47.5 cm³/mol. The molecule has 12 heavy (non-hydrogen) atoms. The largest absolute Gasteiger partial charge is 0.396 e. The third kappa shape index (κ3) is 3.03. The Labute approximate surface area is 72.5 Å². The fourth-order valence-electron chi connectivity index (χ4n) is 1.06. The molecule has 1 radical (unpaired) electrons. The summed E-state index contributed by atoms with van der Waals surface area (Å²) in [4.78, 5) is 0. The van der Waals surface area contributed by atoms with Gasteiger partial charge in [-0.05, 0) is 12.0 Å². The second-order valence-electron chi connectivity index (χ2n) is 2.68. The second-order valence-corrected chi connectivity index (χ2v) is 2.68. The van der Waals surface area contributed by atoms with Crippen molar-refractivity contribution < 1.29 is 10.2 Å². The zero-order valence-electron chi connectivity index (χ0n) is 6.85. The molecule has 0 fully saturated rings. The van der Waals surface area contributed by atoms with Crippen molar-refractivity contribution >= 4 is 0 Å². The molecule has 65 valence electrons. The van der Waals surface area contributed by atoms with Crippen LogP contribution in [0.25, 0.3) is 0 Å². The first-order chi connectivity index (χ1) is 5.83. The van der Waals surface area contributed by atoms with Gasteiger partial charge < -0.3 is 10.2 Å². The number of hydrogen-bond acceptors (Lipinski definition) is 2. The third-order valence-corrected chi connectivity index (χ3v) is 1.67. The lowest BCUT2D eigenvalue weighted by Gasteiger charge is -2.07. The molecule has 0 saturated heterocycles. The SMILES string of the molecule is OC[CH]C(O)Cc1ccccc1. The molecular weight excluding hydrogens is 152 g/mol. The maximum atomic E-state index is 9.29. The van der Waals surface area contributed by atoms with Crippen LogP contribution in [0.15, 0.2) is 30.3 Å². The highest BCUT2D eigenvalue weighted by atomic mass is 16.3. The molecule has 0 aliphatic heterocycles. The van der Waals surface area contributed by atoms with Crippen LogP contribution in [-0.2, 0) is 6.42 Å². The molecule has 1 atom stereocenters. The average Bonchev–Trinajstić information content (AvgIpc) is 2.06. The minimum atomic E-state index is -0.544. The maximum absolute atomic E-state index is 9.29. The van der Waals surface area contributed by atoms with Crippen LogP contribution in [0.1, 0.15) is 5.56 Å². The molecule has 1 rings (SSSR count). The highest BCUT2D eigenvalue weighted by Gasteiger charge is 2.03. The van der Waals surface area contributed by atoms with Crippen LogP contribution >= 0.6 is 0 Å². The number of rotatable bonds is 4. The second kappa shape index (κ2) is 4.91. The molecule has 0 spiro atoms. The normalized spacial score (nSPS) is 12.8. The van der Waals surface area contributed by atoms with Crippen LogP contribution in [0.3, 0.4) is 0 Å². The molecular formula is C10H13O2. The minimum Gasteiger partial charge on any atom is -0.396 e. The van der Waals surface area contributed by atoms with E-state index in [4.69, 9.17) is 5.11 Å². The first-order valence-electron chi connectivity index (χ1n) is 3.99. The lowest BCUT2D eigenvalue weighted by Crippen LogP contribution is -2.12. The maximum Gasteiger partial charge on any atom is 0.0635 e. The molecule has 0 bridgehead atoms. The summed E-state index contributed by atoms with van der Waals surface area (Å²) in [5.41, 5.74) is 1.08. The summed E-state index contributed by atoms with van der Waals surface area (Å²) in [6, 6.07) is 9.70. The van der Waals surface area contributed by atoms with Gasteiger partial charge in [0.15, 0.2) is 0 Å². The van der Waals surface area contributed by atoms with E-state index < -0.39 is 6.10 Å². The molecule has 1 aromatic carbocycles. The van der Waals surface area contributed by atoms with Crippen molar-refractivity contribution in [3.63, 3.8) is 0 Å². The first-order valence-corrected chi connectivity index (χ1v) is 3.99. The van der Waals surface area contributed by atoms with Gasteiger partial charge in [-0.25, -0.2) is 0 Å². The van der Waals surface area contributed by atoms with Gasteiger partial charge >= 0.3 is 0 Å². The van der Waals surface area contributed by atoms with Crippen molar-refractivity contribution in [1.29, 1.82) is 0 Å². The first kappa shape index (κ1) is 9.23. The Kier molecular flexibility index (Phi) is 3.77. The molecule has 0 aliphatic carbocycles. The summed E-state index contributed by atoms with van der Waals surface area (Å²) < 4.78 is 0. The van der Waals surface area contributed by atoms with Crippen LogP contribution < -0.4 is 0 Å². The van der Waals surface area contributed by atoms with E-state index in [2.05, 4.69) is 0 Å². The number of hydrogen-bond donors (Lipinski definition) is 2. The van der Waals surface area contributed by atoms with Crippen molar-refractivity contribution in [3.05, 3.63) is 42.3 Å². The van der Waals surface area contributed by atoms with Crippen molar-refractivity contribution in [2.24, 2.45) is 0 Å². The number of aliphatic hydroxyl groups excluding tert-OH is 2. The summed E-state index contributed by atoms with van der Waals surface area (Å²) in [6.07, 6.45) is 1.51. The van der Waals surface area contributed by atoms with E-state index in [0.29, 0.717) is 6.42 Å². The van der Waals surface area contributed by atoms with Gasteiger partial charge in [-0.2, -0.15) is 0 Å². The molecule has 0 amide bonds. The molecule has 1 unspecified atom stereocenters. The standard InChI is InChI=1S/C10H13O2/c11-7-6-10(12)8-9-4-2-1-3-5-9/h1-6,10-12H,7-8H2. The Hall–Kier alpha value is -0.860. The zero-order chi connectivity index (χ0) is 8.81. The fraction of sp³-hybridized carbons (Fsp3) is 0.300. The van der Waals surface area contributed by atoms with Crippen LogP contribution in [0.5, 0.6) is 0 Å². The van der Waals surface area contributed by atoms with Gasteiger partial charge in [0.2, 0.25) is 0 Å². The van der Waals surface area contributed by atoms with Gasteiger partial charge in [-0.1, -0.05) is 30.3 Å². The smallest absolute Gasteiger partial charge is 0.0635 e.